The second-order valence-corrected chi connectivity index (χ2v) is 8.65. The van der Waals surface area contributed by atoms with E-state index in [2.05, 4.69) is 25.2 Å². The largest absolute Gasteiger partial charge is 0.496 e. The van der Waals surface area contributed by atoms with E-state index < -0.39 is 12.1 Å². The lowest BCUT2D eigenvalue weighted by Crippen LogP contribution is -2.48. The van der Waals surface area contributed by atoms with Crippen molar-refractivity contribution in [2.24, 2.45) is 17.3 Å². The van der Waals surface area contributed by atoms with Gasteiger partial charge in [0, 0.05) is 13.1 Å². The fraction of sp³-hybridized carbons (Fsp3) is 0.609. The van der Waals surface area contributed by atoms with Crippen LogP contribution >= 0.6 is 0 Å². The van der Waals surface area contributed by atoms with Crippen LogP contribution in [0.2, 0.25) is 0 Å². The molecule has 0 unspecified atom stereocenters. The van der Waals surface area contributed by atoms with Gasteiger partial charge in [-0.15, -0.1) is 0 Å². The van der Waals surface area contributed by atoms with Crippen LogP contribution in [0, 0.1) is 17.3 Å². The van der Waals surface area contributed by atoms with Crippen LogP contribution < -0.4 is 10.1 Å². The summed E-state index contributed by atoms with van der Waals surface area (Å²) >= 11 is 0. The van der Waals surface area contributed by atoms with Crippen molar-refractivity contribution < 1.29 is 24.1 Å². The van der Waals surface area contributed by atoms with Gasteiger partial charge in [0.15, 0.2) is 0 Å². The van der Waals surface area contributed by atoms with Gasteiger partial charge in [0.1, 0.15) is 11.3 Å². The Morgan fingerprint density at radius 1 is 1.34 bits per heavy atom. The molecule has 1 saturated carbocycles. The van der Waals surface area contributed by atoms with Crippen molar-refractivity contribution >= 4 is 5.97 Å². The molecule has 0 heterocycles. The number of nitrogens with one attached hydrogen (secondary N) is 1. The Bertz CT molecular complexity index is 758. The number of benzene rings is 1. The van der Waals surface area contributed by atoms with Gasteiger partial charge in [-0.2, -0.15) is 0 Å². The average molecular weight is 404 g/mol. The maximum atomic E-state index is 11.9. The normalized spacial score (nSPS) is 23.0. The summed E-state index contributed by atoms with van der Waals surface area (Å²) in [6, 6.07) is 5.36. The first-order valence-electron chi connectivity index (χ1n) is 10.3. The summed E-state index contributed by atoms with van der Waals surface area (Å²) in [4.78, 5) is 11.9. The van der Waals surface area contributed by atoms with Crippen LogP contribution in [0.3, 0.4) is 0 Å². The second-order valence-electron chi connectivity index (χ2n) is 8.65. The standard InChI is InChI=1S/C23H33NO5/c1-23(2)17-7-6-16(20(23)10-17)13-29-14-18(25)12-24-11-15-5-8-21(27-3)19(9-15)22(26)28-4/h5-6,8-9,17-18,20,24-25H,7,10-14H2,1-4H3/t17-,18-,20+/m0/s1. The fourth-order valence-electron chi connectivity index (χ4n) is 4.53. The van der Waals surface area contributed by atoms with E-state index in [1.165, 1.54) is 26.2 Å². The summed E-state index contributed by atoms with van der Waals surface area (Å²) in [6.07, 6.45) is 4.18. The number of hydrogen-bond acceptors (Lipinski definition) is 6. The Hall–Kier alpha value is -1.89. The number of hydrogen-bond donors (Lipinski definition) is 2. The molecule has 1 aromatic rings. The second kappa shape index (κ2) is 9.28. The number of allylic oxidation sites excluding steroid dienone is 1. The number of esters is 1. The zero-order chi connectivity index (χ0) is 21.0. The quantitative estimate of drug-likeness (QED) is 0.462. The molecule has 0 aliphatic heterocycles. The molecule has 29 heavy (non-hydrogen) atoms. The molecule has 0 aromatic heterocycles. The maximum Gasteiger partial charge on any atom is 0.341 e. The lowest BCUT2D eigenvalue weighted by atomic mass is 9.49. The van der Waals surface area contributed by atoms with Gasteiger partial charge in [0.25, 0.3) is 0 Å². The number of carbonyl (C=O) groups excluding carboxylic acids is 1. The van der Waals surface area contributed by atoms with E-state index in [9.17, 15) is 9.90 Å². The molecule has 2 N–H and O–H groups in total. The molecule has 3 aliphatic rings. The van der Waals surface area contributed by atoms with Crippen molar-refractivity contribution in [3.05, 3.63) is 41.0 Å². The highest BCUT2D eigenvalue weighted by Gasteiger charge is 2.50. The lowest BCUT2D eigenvalue weighted by Gasteiger charge is -2.56. The number of carbonyl (C=O) groups is 1. The monoisotopic (exact) mass is 403 g/mol. The van der Waals surface area contributed by atoms with Crippen LogP contribution in [0.25, 0.3) is 0 Å². The molecule has 6 nitrogen and oxygen atoms in total. The summed E-state index contributed by atoms with van der Waals surface area (Å²) in [7, 11) is 2.86. The fourth-order valence-corrected chi connectivity index (χ4v) is 4.53. The minimum Gasteiger partial charge on any atom is -0.496 e. The van der Waals surface area contributed by atoms with Crippen molar-refractivity contribution in [2.45, 2.75) is 39.3 Å². The highest BCUT2D eigenvalue weighted by atomic mass is 16.5. The van der Waals surface area contributed by atoms with Gasteiger partial charge in [0.05, 0.1) is 33.5 Å². The van der Waals surface area contributed by atoms with Gasteiger partial charge in [-0.05, 0) is 53.4 Å². The molecule has 4 rings (SSSR count). The number of fused-ring (bicyclic) bond motifs is 1. The Balaban J connectivity index is 1.40. The summed E-state index contributed by atoms with van der Waals surface area (Å²) in [5.74, 6) is 1.50. The minimum absolute atomic E-state index is 0.303. The Kier molecular flexibility index (Phi) is 6.98. The topological polar surface area (TPSA) is 77.0 Å². The van der Waals surface area contributed by atoms with Gasteiger partial charge in [0.2, 0.25) is 0 Å². The van der Waals surface area contributed by atoms with Crippen LogP contribution in [0.15, 0.2) is 29.8 Å². The van der Waals surface area contributed by atoms with Gasteiger partial charge in [-0.25, -0.2) is 4.79 Å². The van der Waals surface area contributed by atoms with E-state index >= 15 is 0 Å². The van der Waals surface area contributed by atoms with Crippen molar-refractivity contribution in [3.63, 3.8) is 0 Å². The zero-order valence-electron chi connectivity index (χ0n) is 17.9. The number of aliphatic hydroxyl groups excluding tert-OH is 1. The minimum atomic E-state index is -0.584. The molecule has 0 radical (unpaired) electrons. The van der Waals surface area contributed by atoms with E-state index in [-0.39, 0.29) is 0 Å². The number of rotatable bonds is 10. The SMILES string of the molecule is COC(=O)c1cc(CNC[C@H](O)COCC2=CC[C@H]3C[C@H]2C3(C)C)ccc1OC. The predicted molar refractivity (Wildman–Crippen MR) is 111 cm³/mol. The first-order valence-corrected chi connectivity index (χ1v) is 10.3. The van der Waals surface area contributed by atoms with E-state index in [0.717, 1.165) is 17.9 Å². The first-order chi connectivity index (χ1) is 13.9. The zero-order valence-corrected chi connectivity index (χ0v) is 17.9. The molecular weight excluding hydrogens is 370 g/mol. The predicted octanol–water partition coefficient (Wildman–Crippen LogP) is 2.94. The van der Waals surface area contributed by atoms with E-state index in [1.807, 2.05) is 6.07 Å². The van der Waals surface area contributed by atoms with Gasteiger partial charge < -0.3 is 24.6 Å². The third-order valence-electron chi connectivity index (χ3n) is 6.54. The summed E-state index contributed by atoms with van der Waals surface area (Å²) < 4.78 is 15.8. The smallest absolute Gasteiger partial charge is 0.341 e. The van der Waals surface area contributed by atoms with Crippen LogP contribution in [-0.4, -0.2) is 51.2 Å². The molecule has 3 atom stereocenters. The van der Waals surface area contributed by atoms with Gasteiger partial charge in [-0.3, -0.25) is 0 Å². The van der Waals surface area contributed by atoms with Crippen molar-refractivity contribution in [3.8, 4) is 5.75 Å². The maximum absolute atomic E-state index is 11.9. The Morgan fingerprint density at radius 2 is 2.14 bits per heavy atom. The van der Waals surface area contributed by atoms with Crippen LogP contribution in [0.4, 0.5) is 0 Å². The van der Waals surface area contributed by atoms with E-state index in [1.54, 1.807) is 12.1 Å². The molecule has 6 heteroatoms. The summed E-state index contributed by atoms with van der Waals surface area (Å²) in [6.45, 7) is 6.55. The molecule has 0 amide bonds. The van der Waals surface area contributed by atoms with Crippen LogP contribution in [0.5, 0.6) is 5.75 Å². The number of ether oxygens (including phenoxy) is 3. The molecule has 0 spiro atoms. The van der Waals surface area contributed by atoms with Crippen LogP contribution in [0.1, 0.15) is 42.6 Å². The highest BCUT2D eigenvalue weighted by molar-refractivity contribution is 5.92. The first kappa shape index (κ1) is 21.8. The van der Waals surface area contributed by atoms with E-state index in [4.69, 9.17) is 14.2 Å². The van der Waals surface area contributed by atoms with E-state index in [0.29, 0.717) is 48.9 Å². The lowest BCUT2D eigenvalue weighted by molar-refractivity contribution is -0.0235. The highest BCUT2D eigenvalue weighted by Crippen LogP contribution is 2.59. The van der Waals surface area contributed by atoms with Gasteiger partial charge >= 0.3 is 5.97 Å². The molecule has 0 saturated heterocycles. The third-order valence-corrected chi connectivity index (χ3v) is 6.54. The molecule has 160 valence electrons. The molecule has 3 aliphatic carbocycles. The Labute approximate surface area is 173 Å². The molecular formula is C23H33NO5. The average Bonchev–Trinajstić information content (AvgIpc) is 2.73. The van der Waals surface area contributed by atoms with Crippen molar-refractivity contribution in [1.29, 1.82) is 0 Å². The number of aliphatic hydroxyl groups is 1. The van der Waals surface area contributed by atoms with Crippen molar-refractivity contribution in [1.82, 2.24) is 5.32 Å². The van der Waals surface area contributed by atoms with Crippen molar-refractivity contribution in [2.75, 3.05) is 34.0 Å². The molecule has 1 aromatic carbocycles. The summed E-state index contributed by atoms with van der Waals surface area (Å²) in [5.41, 5.74) is 3.09. The van der Waals surface area contributed by atoms with Gasteiger partial charge in [-0.1, -0.05) is 26.0 Å². The summed E-state index contributed by atoms with van der Waals surface area (Å²) in [5, 5.41) is 13.4. The number of methoxy groups -OCH3 is 2. The molecule has 1 fully saturated rings. The Morgan fingerprint density at radius 3 is 2.79 bits per heavy atom. The van der Waals surface area contributed by atoms with Crippen LogP contribution in [-0.2, 0) is 16.0 Å². The third kappa shape index (κ3) is 4.82. The molecule has 2 bridgehead atoms.